The summed E-state index contributed by atoms with van der Waals surface area (Å²) in [6.45, 7) is 2.97. The van der Waals surface area contributed by atoms with E-state index in [0.717, 1.165) is 24.0 Å². The number of unbranched alkanes of at least 4 members (excludes halogenated alkanes) is 4. The van der Waals surface area contributed by atoms with Crippen molar-refractivity contribution in [1.29, 1.82) is 0 Å². The van der Waals surface area contributed by atoms with Crippen LogP contribution in [0.2, 0.25) is 0 Å². The minimum Gasteiger partial charge on any atom is -0.328 e. The molecule has 0 atom stereocenters. The van der Waals surface area contributed by atoms with Crippen molar-refractivity contribution in [3.8, 4) is 0 Å². The van der Waals surface area contributed by atoms with Crippen molar-refractivity contribution in [2.45, 2.75) is 39.0 Å². The van der Waals surface area contributed by atoms with Crippen LogP contribution >= 0.6 is 0 Å². The zero-order valence-electron chi connectivity index (χ0n) is 12.9. The Morgan fingerprint density at radius 3 is 2.76 bits per heavy atom. The summed E-state index contributed by atoms with van der Waals surface area (Å²) in [6.07, 6.45) is 5.98. The molecule has 0 aliphatic rings. The summed E-state index contributed by atoms with van der Waals surface area (Å²) < 4.78 is 0. The molecule has 0 unspecified atom stereocenters. The maximum atomic E-state index is 12.1. The van der Waals surface area contributed by atoms with Gasteiger partial charge >= 0.3 is 6.03 Å². The highest BCUT2D eigenvalue weighted by atomic mass is 16.2. The monoisotopic (exact) mass is 288 g/mol. The lowest BCUT2D eigenvalue weighted by Crippen LogP contribution is -2.32. The van der Waals surface area contributed by atoms with Gasteiger partial charge in [0, 0.05) is 13.6 Å². The van der Waals surface area contributed by atoms with Crippen molar-refractivity contribution in [3.63, 3.8) is 0 Å². The maximum Gasteiger partial charge on any atom is 0.323 e. The standard InChI is InChI=1S/C16H24N4O/c1-3-4-5-6-9-12-20(2)16(21)19-15-17-13-10-7-8-11-14(13)18-15/h7-8,10-11H,3-6,9,12H2,1-2H3,(H2,17,18,19,21). The van der Waals surface area contributed by atoms with Gasteiger partial charge in [-0.1, -0.05) is 44.7 Å². The van der Waals surface area contributed by atoms with E-state index in [0.29, 0.717) is 5.95 Å². The molecule has 0 spiro atoms. The second kappa shape index (κ2) is 7.67. The van der Waals surface area contributed by atoms with Gasteiger partial charge in [-0.2, -0.15) is 0 Å². The Bertz CT molecular complexity index is 545. The summed E-state index contributed by atoms with van der Waals surface area (Å²) in [6, 6.07) is 7.60. The number of hydrogen-bond acceptors (Lipinski definition) is 2. The number of benzene rings is 1. The number of amides is 2. The zero-order valence-corrected chi connectivity index (χ0v) is 12.9. The summed E-state index contributed by atoms with van der Waals surface area (Å²) in [5, 5.41) is 2.80. The zero-order chi connectivity index (χ0) is 15.1. The molecule has 0 radical (unpaired) electrons. The van der Waals surface area contributed by atoms with Crippen LogP contribution < -0.4 is 5.32 Å². The van der Waals surface area contributed by atoms with Crippen LogP contribution in [0.5, 0.6) is 0 Å². The molecule has 5 nitrogen and oxygen atoms in total. The van der Waals surface area contributed by atoms with Gasteiger partial charge in [-0.15, -0.1) is 0 Å². The van der Waals surface area contributed by atoms with E-state index < -0.39 is 0 Å². The van der Waals surface area contributed by atoms with Gasteiger partial charge in [-0.3, -0.25) is 5.32 Å². The van der Waals surface area contributed by atoms with E-state index in [1.165, 1.54) is 25.7 Å². The average molecular weight is 288 g/mol. The number of nitrogens with zero attached hydrogens (tertiary/aromatic N) is 2. The molecule has 2 aromatic rings. The molecule has 21 heavy (non-hydrogen) atoms. The molecule has 0 aliphatic heterocycles. The number of fused-ring (bicyclic) bond motifs is 1. The van der Waals surface area contributed by atoms with E-state index in [9.17, 15) is 4.79 Å². The molecule has 1 aromatic carbocycles. The van der Waals surface area contributed by atoms with Gasteiger partial charge in [0.15, 0.2) is 0 Å². The van der Waals surface area contributed by atoms with Gasteiger partial charge in [-0.25, -0.2) is 9.78 Å². The summed E-state index contributed by atoms with van der Waals surface area (Å²) in [5.41, 5.74) is 1.78. The lowest BCUT2D eigenvalue weighted by molar-refractivity contribution is 0.221. The molecule has 5 heteroatoms. The van der Waals surface area contributed by atoms with Crippen LogP contribution in [0.15, 0.2) is 24.3 Å². The molecule has 114 valence electrons. The number of imidazole rings is 1. The van der Waals surface area contributed by atoms with Crippen molar-refractivity contribution in [1.82, 2.24) is 14.9 Å². The van der Waals surface area contributed by atoms with Gasteiger partial charge in [0.1, 0.15) is 0 Å². The van der Waals surface area contributed by atoms with Crippen LogP contribution in [-0.2, 0) is 0 Å². The highest BCUT2D eigenvalue weighted by Crippen LogP contribution is 2.13. The Morgan fingerprint density at radius 1 is 1.24 bits per heavy atom. The van der Waals surface area contributed by atoms with E-state index in [1.54, 1.807) is 4.90 Å². The minimum absolute atomic E-state index is 0.121. The van der Waals surface area contributed by atoms with Crippen molar-refractivity contribution in [3.05, 3.63) is 24.3 Å². The van der Waals surface area contributed by atoms with Crippen LogP contribution in [-0.4, -0.2) is 34.5 Å². The second-order valence-electron chi connectivity index (χ2n) is 5.37. The van der Waals surface area contributed by atoms with E-state index in [4.69, 9.17) is 0 Å². The first kappa shape index (κ1) is 15.4. The average Bonchev–Trinajstić information content (AvgIpc) is 2.88. The van der Waals surface area contributed by atoms with Crippen LogP contribution in [0, 0.1) is 0 Å². The third kappa shape index (κ3) is 4.48. The van der Waals surface area contributed by atoms with Gasteiger partial charge in [0.2, 0.25) is 5.95 Å². The quantitative estimate of drug-likeness (QED) is 0.756. The molecule has 0 saturated heterocycles. The Balaban J connectivity index is 1.80. The Labute approximate surface area is 125 Å². The summed E-state index contributed by atoms with van der Waals surface area (Å²) in [7, 11) is 1.82. The number of urea groups is 1. The number of anilines is 1. The molecule has 0 saturated carbocycles. The topological polar surface area (TPSA) is 61.0 Å². The molecular weight excluding hydrogens is 264 g/mol. The van der Waals surface area contributed by atoms with Crippen molar-refractivity contribution < 1.29 is 4.79 Å². The highest BCUT2D eigenvalue weighted by molar-refractivity contribution is 5.89. The summed E-state index contributed by atoms with van der Waals surface area (Å²) in [4.78, 5) is 21.2. The maximum absolute atomic E-state index is 12.1. The van der Waals surface area contributed by atoms with Gasteiger partial charge in [0.25, 0.3) is 0 Å². The van der Waals surface area contributed by atoms with Gasteiger partial charge < -0.3 is 9.88 Å². The molecule has 0 aliphatic carbocycles. The van der Waals surface area contributed by atoms with Crippen molar-refractivity contribution in [2.24, 2.45) is 0 Å². The highest BCUT2D eigenvalue weighted by Gasteiger charge is 2.10. The Kier molecular flexibility index (Phi) is 5.60. The lowest BCUT2D eigenvalue weighted by Gasteiger charge is -2.16. The molecule has 1 heterocycles. The van der Waals surface area contributed by atoms with Gasteiger partial charge in [-0.05, 0) is 18.6 Å². The smallest absolute Gasteiger partial charge is 0.323 e. The number of aromatic nitrogens is 2. The molecule has 2 amide bonds. The van der Waals surface area contributed by atoms with Crippen LogP contribution in [0.3, 0.4) is 0 Å². The number of para-hydroxylation sites is 2. The first-order valence-corrected chi connectivity index (χ1v) is 7.67. The number of H-pyrrole nitrogens is 1. The Hall–Kier alpha value is -2.04. The number of aromatic amines is 1. The van der Waals surface area contributed by atoms with Crippen molar-refractivity contribution in [2.75, 3.05) is 18.9 Å². The minimum atomic E-state index is -0.121. The Morgan fingerprint density at radius 2 is 2.00 bits per heavy atom. The molecule has 0 bridgehead atoms. The van der Waals surface area contributed by atoms with Crippen molar-refractivity contribution >= 4 is 23.0 Å². The SMILES string of the molecule is CCCCCCCN(C)C(=O)Nc1nc2ccccc2[nH]1. The first-order chi connectivity index (χ1) is 10.2. The third-order valence-electron chi connectivity index (χ3n) is 3.56. The number of hydrogen-bond donors (Lipinski definition) is 2. The summed E-state index contributed by atoms with van der Waals surface area (Å²) >= 11 is 0. The van der Waals surface area contributed by atoms with Crippen LogP contribution in [0.4, 0.5) is 10.7 Å². The normalized spacial score (nSPS) is 10.8. The molecule has 0 fully saturated rings. The van der Waals surface area contributed by atoms with E-state index in [1.807, 2.05) is 31.3 Å². The number of nitrogens with one attached hydrogen (secondary N) is 2. The van der Waals surface area contributed by atoms with E-state index in [2.05, 4.69) is 22.2 Å². The number of rotatable bonds is 7. The predicted octanol–water partition coefficient (Wildman–Crippen LogP) is 4.00. The van der Waals surface area contributed by atoms with Crippen LogP contribution in [0.1, 0.15) is 39.0 Å². The predicted molar refractivity (Wildman–Crippen MR) is 86.5 cm³/mol. The van der Waals surface area contributed by atoms with Crippen LogP contribution in [0.25, 0.3) is 11.0 Å². The molecule has 1 aromatic heterocycles. The number of carbonyl (C=O) groups is 1. The second-order valence-corrected chi connectivity index (χ2v) is 5.37. The molecule has 2 N–H and O–H groups in total. The van der Waals surface area contributed by atoms with E-state index >= 15 is 0 Å². The summed E-state index contributed by atoms with van der Waals surface area (Å²) in [5.74, 6) is 0.499. The molecule has 2 rings (SSSR count). The first-order valence-electron chi connectivity index (χ1n) is 7.67. The molecular formula is C16H24N4O. The number of carbonyl (C=O) groups excluding carboxylic acids is 1. The lowest BCUT2D eigenvalue weighted by atomic mass is 10.1. The van der Waals surface area contributed by atoms with Gasteiger partial charge in [0.05, 0.1) is 11.0 Å². The fourth-order valence-corrected chi connectivity index (χ4v) is 2.26. The van der Waals surface area contributed by atoms with E-state index in [-0.39, 0.29) is 6.03 Å². The largest absolute Gasteiger partial charge is 0.328 e. The third-order valence-corrected chi connectivity index (χ3v) is 3.56. The fraction of sp³-hybridized carbons (Fsp3) is 0.500. The fourth-order valence-electron chi connectivity index (χ4n) is 2.26.